The van der Waals surface area contributed by atoms with E-state index < -0.39 is 0 Å². The van der Waals surface area contributed by atoms with Crippen LogP contribution in [-0.4, -0.2) is 19.0 Å². The van der Waals surface area contributed by atoms with Crippen LogP contribution in [-0.2, 0) is 0 Å². The lowest BCUT2D eigenvalue weighted by molar-refractivity contribution is 0.0956. The molecular formula is C17H27N3O. The molecule has 116 valence electrons. The van der Waals surface area contributed by atoms with Gasteiger partial charge in [0, 0.05) is 24.5 Å². The fourth-order valence-electron chi connectivity index (χ4n) is 2.95. The van der Waals surface area contributed by atoms with E-state index in [1.54, 1.807) is 12.1 Å². The summed E-state index contributed by atoms with van der Waals surface area (Å²) < 4.78 is 0. The van der Waals surface area contributed by atoms with Crippen molar-refractivity contribution in [3.05, 3.63) is 23.8 Å². The molecule has 1 aliphatic carbocycles. The zero-order chi connectivity index (χ0) is 15.2. The van der Waals surface area contributed by atoms with E-state index in [1.807, 2.05) is 13.0 Å². The number of anilines is 2. The summed E-state index contributed by atoms with van der Waals surface area (Å²) in [6.07, 6.45) is 5.17. The number of nitrogens with one attached hydrogen (secondary N) is 2. The Morgan fingerprint density at radius 2 is 2.00 bits per heavy atom. The van der Waals surface area contributed by atoms with Crippen molar-refractivity contribution in [2.45, 2.75) is 39.5 Å². The number of carbonyl (C=O) groups excluding carboxylic acids is 1. The monoisotopic (exact) mass is 289 g/mol. The lowest BCUT2D eigenvalue weighted by Gasteiger charge is -2.27. The lowest BCUT2D eigenvalue weighted by Crippen LogP contribution is -2.25. The minimum atomic E-state index is -0.0442. The third-order valence-corrected chi connectivity index (χ3v) is 4.34. The van der Waals surface area contributed by atoms with Crippen molar-refractivity contribution >= 4 is 17.3 Å². The smallest absolute Gasteiger partial charge is 0.253 e. The maximum absolute atomic E-state index is 12.1. The molecule has 0 saturated heterocycles. The first kappa shape index (κ1) is 15.7. The number of rotatable bonds is 5. The molecule has 0 heterocycles. The van der Waals surface area contributed by atoms with Gasteiger partial charge in [-0.2, -0.15) is 0 Å². The van der Waals surface area contributed by atoms with Crippen LogP contribution in [0.25, 0.3) is 0 Å². The second-order valence-electron chi connectivity index (χ2n) is 6.17. The van der Waals surface area contributed by atoms with Gasteiger partial charge in [0.2, 0.25) is 0 Å². The Bertz CT molecular complexity index is 479. The Labute approximate surface area is 127 Å². The highest BCUT2D eigenvalue weighted by Gasteiger charge is 2.19. The fourth-order valence-corrected chi connectivity index (χ4v) is 2.95. The second kappa shape index (κ2) is 7.34. The predicted octanol–water partition coefficient (Wildman–Crippen LogP) is 3.26. The molecule has 1 aromatic carbocycles. The van der Waals surface area contributed by atoms with Gasteiger partial charge < -0.3 is 16.4 Å². The van der Waals surface area contributed by atoms with E-state index in [1.165, 1.54) is 25.7 Å². The van der Waals surface area contributed by atoms with E-state index in [9.17, 15) is 4.79 Å². The molecular weight excluding hydrogens is 262 g/mol. The average molecular weight is 289 g/mol. The van der Waals surface area contributed by atoms with E-state index in [0.717, 1.165) is 18.2 Å². The van der Waals surface area contributed by atoms with Gasteiger partial charge in [0.1, 0.15) is 0 Å². The number of nitrogen functional groups attached to an aromatic ring is 1. The highest BCUT2D eigenvalue weighted by molar-refractivity contribution is 6.00. The number of hydrogen-bond donors (Lipinski definition) is 3. The van der Waals surface area contributed by atoms with Gasteiger partial charge >= 0.3 is 0 Å². The molecule has 0 atom stereocenters. The molecule has 0 aromatic heterocycles. The van der Waals surface area contributed by atoms with E-state index in [2.05, 4.69) is 17.6 Å². The zero-order valence-electron chi connectivity index (χ0n) is 13.1. The third kappa shape index (κ3) is 4.38. The summed E-state index contributed by atoms with van der Waals surface area (Å²) in [5.41, 5.74) is 8.06. The van der Waals surface area contributed by atoms with Crippen molar-refractivity contribution in [1.29, 1.82) is 0 Å². The van der Waals surface area contributed by atoms with Gasteiger partial charge in [0.15, 0.2) is 0 Å². The number of amides is 1. The van der Waals surface area contributed by atoms with E-state index in [-0.39, 0.29) is 5.91 Å². The molecule has 4 N–H and O–H groups in total. The molecule has 21 heavy (non-hydrogen) atoms. The molecule has 0 unspecified atom stereocenters. The quantitative estimate of drug-likeness (QED) is 0.729. The Morgan fingerprint density at radius 1 is 1.29 bits per heavy atom. The van der Waals surface area contributed by atoms with Crippen molar-refractivity contribution in [3.8, 4) is 0 Å². The SMILES string of the molecule is CCNC(=O)c1ccc(N)cc1NCC1CCC(C)CC1. The van der Waals surface area contributed by atoms with Gasteiger partial charge in [-0.25, -0.2) is 0 Å². The summed E-state index contributed by atoms with van der Waals surface area (Å²) in [6, 6.07) is 5.43. The summed E-state index contributed by atoms with van der Waals surface area (Å²) in [6.45, 7) is 5.80. The molecule has 0 aliphatic heterocycles. The van der Waals surface area contributed by atoms with E-state index >= 15 is 0 Å². The highest BCUT2D eigenvalue weighted by Crippen LogP contribution is 2.29. The molecule has 1 saturated carbocycles. The third-order valence-electron chi connectivity index (χ3n) is 4.34. The van der Waals surface area contributed by atoms with Crippen LogP contribution in [0.4, 0.5) is 11.4 Å². The molecule has 1 aromatic rings. The van der Waals surface area contributed by atoms with Crippen LogP contribution in [0.15, 0.2) is 18.2 Å². The van der Waals surface area contributed by atoms with Crippen molar-refractivity contribution < 1.29 is 4.79 Å². The largest absolute Gasteiger partial charge is 0.399 e. The normalized spacial score (nSPS) is 21.8. The van der Waals surface area contributed by atoms with Gasteiger partial charge in [0.25, 0.3) is 5.91 Å². The maximum atomic E-state index is 12.1. The van der Waals surface area contributed by atoms with Crippen molar-refractivity contribution in [2.24, 2.45) is 11.8 Å². The fraction of sp³-hybridized carbons (Fsp3) is 0.588. The maximum Gasteiger partial charge on any atom is 0.253 e. The molecule has 4 nitrogen and oxygen atoms in total. The molecule has 1 amide bonds. The summed E-state index contributed by atoms with van der Waals surface area (Å²) in [5.74, 6) is 1.52. The predicted molar refractivity (Wildman–Crippen MR) is 88.5 cm³/mol. The molecule has 0 bridgehead atoms. The molecule has 0 radical (unpaired) electrons. The summed E-state index contributed by atoms with van der Waals surface area (Å²) >= 11 is 0. The Kier molecular flexibility index (Phi) is 5.48. The first-order valence-corrected chi connectivity index (χ1v) is 8.01. The minimum absolute atomic E-state index is 0.0442. The topological polar surface area (TPSA) is 67.2 Å². The van der Waals surface area contributed by atoms with Gasteiger partial charge in [-0.15, -0.1) is 0 Å². The van der Waals surface area contributed by atoms with Crippen LogP contribution >= 0.6 is 0 Å². The van der Waals surface area contributed by atoms with Crippen LogP contribution in [0, 0.1) is 11.8 Å². The van der Waals surface area contributed by atoms with Crippen LogP contribution in [0.1, 0.15) is 49.9 Å². The van der Waals surface area contributed by atoms with E-state index in [4.69, 9.17) is 5.73 Å². The summed E-state index contributed by atoms with van der Waals surface area (Å²) in [7, 11) is 0. The summed E-state index contributed by atoms with van der Waals surface area (Å²) in [4.78, 5) is 12.1. The van der Waals surface area contributed by atoms with Gasteiger partial charge in [-0.05, 0) is 49.8 Å². The minimum Gasteiger partial charge on any atom is -0.399 e. The lowest BCUT2D eigenvalue weighted by atomic mass is 9.83. The van der Waals surface area contributed by atoms with Gasteiger partial charge in [0.05, 0.1) is 5.56 Å². The number of hydrogen-bond acceptors (Lipinski definition) is 3. The van der Waals surface area contributed by atoms with Crippen molar-refractivity contribution in [2.75, 3.05) is 24.1 Å². The van der Waals surface area contributed by atoms with Gasteiger partial charge in [-0.3, -0.25) is 4.79 Å². The Hall–Kier alpha value is -1.71. The molecule has 2 rings (SSSR count). The average Bonchev–Trinajstić information content (AvgIpc) is 2.47. The molecule has 4 heteroatoms. The molecule has 1 fully saturated rings. The van der Waals surface area contributed by atoms with Crippen LogP contribution < -0.4 is 16.4 Å². The first-order chi connectivity index (χ1) is 10.1. The van der Waals surface area contributed by atoms with Gasteiger partial charge in [-0.1, -0.05) is 19.8 Å². The van der Waals surface area contributed by atoms with E-state index in [0.29, 0.717) is 23.7 Å². The van der Waals surface area contributed by atoms with Crippen LogP contribution in [0.3, 0.4) is 0 Å². The zero-order valence-corrected chi connectivity index (χ0v) is 13.1. The van der Waals surface area contributed by atoms with Crippen molar-refractivity contribution in [3.63, 3.8) is 0 Å². The van der Waals surface area contributed by atoms with Crippen molar-refractivity contribution in [1.82, 2.24) is 5.32 Å². The first-order valence-electron chi connectivity index (χ1n) is 8.01. The number of carbonyl (C=O) groups is 1. The Balaban J connectivity index is 2.01. The van der Waals surface area contributed by atoms with Crippen LogP contribution in [0.2, 0.25) is 0 Å². The highest BCUT2D eigenvalue weighted by atomic mass is 16.1. The van der Waals surface area contributed by atoms with Crippen LogP contribution in [0.5, 0.6) is 0 Å². The number of benzene rings is 1. The molecule has 0 spiro atoms. The standard InChI is InChI=1S/C17H27N3O/c1-3-19-17(21)15-9-8-14(18)10-16(15)20-11-13-6-4-12(2)5-7-13/h8-10,12-13,20H,3-7,11,18H2,1-2H3,(H,19,21). The Morgan fingerprint density at radius 3 is 2.67 bits per heavy atom. The second-order valence-corrected chi connectivity index (χ2v) is 6.17. The summed E-state index contributed by atoms with van der Waals surface area (Å²) in [5, 5.41) is 6.28. The molecule has 1 aliphatic rings. The number of nitrogens with two attached hydrogens (primary N) is 1.